The molecule has 1 unspecified atom stereocenters. The third-order valence-electron chi connectivity index (χ3n) is 4.31. The van der Waals surface area contributed by atoms with Crippen LogP contribution in [0.3, 0.4) is 0 Å². The number of nitrogens with one attached hydrogen (secondary N) is 1. The Balaban J connectivity index is 1.71. The van der Waals surface area contributed by atoms with Crippen molar-refractivity contribution in [1.82, 2.24) is 19.8 Å². The van der Waals surface area contributed by atoms with E-state index in [9.17, 15) is 4.79 Å². The maximum absolute atomic E-state index is 12.0. The summed E-state index contributed by atoms with van der Waals surface area (Å²) in [6.07, 6.45) is 6.94. The van der Waals surface area contributed by atoms with Crippen LogP contribution in [0.4, 0.5) is 0 Å². The molecule has 3 rings (SSSR count). The van der Waals surface area contributed by atoms with Crippen LogP contribution in [0.1, 0.15) is 25.1 Å². The van der Waals surface area contributed by atoms with E-state index in [-0.39, 0.29) is 11.3 Å². The van der Waals surface area contributed by atoms with Crippen molar-refractivity contribution in [3.8, 4) is 0 Å². The third-order valence-corrected chi connectivity index (χ3v) is 4.31. The summed E-state index contributed by atoms with van der Waals surface area (Å²) in [5, 5.41) is 2.98. The summed E-state index contributed by atoms with van der Waals surface area (Å²) in [4.78, 5) is 18.7. The fourth-order valence-corrected chi connectivity index (χ4v) is 3.22. The average molecular weight is 248 g/mol. The van der Waals surface area contributed by atoms with E-state index in [1.807, 2.05) is 19.4 Å². The highest BCUT2D eigenvalue weighted by atomic mass is 16.2. The van der Waals surface area contributed by atoms with Crippen molar-refractivity contribution in [3.05, 3.63) is 18.2 Å². The topological polar surface area (TPSA) is 50.2 Å². The second-order valence-corrected chi connectivity index (χ2v) is 5.55. The molecule has 0 aromatic carbocycles. The van der Waals surface area contributed by atoms with Gasteiger partial charge in [-0.25, -0.2) is 4.98 Å². The first-order chi connectivity index (χ1) is 8.70. The lowest BCUT2D eigenvalue weighted by molar-refractivity contribution is -0.130. The number of nitrogens with zero attached hydrogens (tertiary/aromatic N) is 3. The third kappa shape index (κ3) is 1.92. The molecule has 2 aliphatic rings. The number of likely N-dealkylation sites (tertiary alicyclic amines) is 1. The molecule has 1 aromatic heterocycles. The molecule has 0 bridgehead atoms. The Morgan fingerprint density at radius 2 is 2.39 bits per heavy atom. The van der Waals surface area contributed by atoms with Gasteiger partial charge in [0.05, 0.1) is 12.0 Å². The molecule has 1 spiro atoms. The van der Waals surface area contributed by atoms with Gasteiger partial charge in [0, 0.05) is 32.5 Å². The molecule has 2 saturated heterocycles. The Bertz CT molecular complexity index is 456. The lowest BCUT2D eigenvalue weighted by atomic mass is 9.78. The highest BCUT2D eigenvalue weighted by Gasteiger charge is 2.45. The summed E-state index contributed by atoms with van der Waals surface area (Å²) < 4.78 is 2.05. The van der Waals surface area contributed by atoms with Crippen LogP contribution in [0.2, 0.25) is 0 Å². The molecule has 18 heavy (non-hydrogen) atoms. The van der Waals surface area contributed by atoms with Crippen molar-refractivity contribution in [2.24, 2.45) is 12.5 Å². The number of amides is 1. The first-order valence-corrected chi connectivity index (χ1v) is 6.66. The first-order valence-electron chi connectivity index (χ1n) is 6.66. The Hall–Kier alpha value is -1.36. The van der Waals surface area contributed by atoms with Crippen LogP contribution in [-0.4, -0.2) is 40.0 Å². The zero-order chi connectivity index (χ0) is 12.6. The number of piperidine rings is 1. The van der Waals surface area contributed by atoms with E-state index in [2.05, 4.69) is 19.8 Å². The fourth-order valence-electron chi connectivity index (χ4n) is 3.22. The summed E-state index contributed by atoms with van der Waals surface area (Å²) in [6.45, 7) is 3.64. The molecule has 3 heterocycles. The van der Waals surface area contributed by atoms with Crippen LogP contribution >= 0.6 is 0 Å². The number of aryl methyl sites for hydroxylation is 1. The van der Waals surface area contributed by atoms with Gasteiger partial charge in [-0.15, -0.1) is 0 Å². The molecule has 2 fully saturated rings. The van der Waals surface area contributed by atoms with E-state index in [1.165, 1.54) is 0 Å². The predicted octanol–water partition coefficient (Wildman–Crippen LogP) is 0.522. The van der Waals surface area contributed by atoms with Gasteiger partial charge in [-0.05, 0) is 25.8 Å². The van der Waals surface area contributed by atoms with Gasteiger partial charge in [0.25, 0.3) is 0 Å². The van der Waals surface area contributed by atoms with E-state index < -0.39 is 0 Å². The summed E-state index contributed by atoms with van der Waals surface area (Å²) >= 11 is 0. The monoisotopic (exact) mass is 248 g/mol. The van der Waals surface area contributed by atoms with Crippen LogP contribution in [0.15, 0.2) is 12.4 Å². The predicted molar refractivity (Wildman–Crippen MR) is 67.8 cm³/mol. The standard InChI is InChI=1S/C13H20N4O/c1-16-8-6-14-11(16)9-17-7-2-3-13(10-17)4-5-15-12(13)18/h6,8H,2-5,7,9-10H2,1H3,(H,15,18). The van der Waals surface area contributed by atoms with Crippen LogP contribution in [-0.2, 0) is 18.4 Å². The fraction of sp³-hybridized carbons (Fsp3) is 0.692. The lowest BCUT2D eigenvalue weighted by Gasteiger charge is -2.38. The van der Waals surface area contributed by atoms with Gasteiger partial charge in [0.1, 0.15) is 5.82 Å². The minimum atomic E-state index is -0.122. The van der Waals surface area contributed by atoms with Gasteiger partial charge in [0.15, 0.2) is 0 Å². The summed E-state index contributed by atoms with van der Waals surface area (Å²) in [7, 11) is 2.02. The van der Waals surface area contributed by atoms with Gasteiger partial charge >= 0.3 is 0 Å². The SMILES string of the molecule is Cn1ccnc1CN1CCCC2(CCNC2=O)C1. The molecule has 1 amide bonds. The van der Waals surface area contributed by atoms with Crippen LogP contribution in [0.5, 0.6) is 0 Å². The Kier molecular flexibility index (Phi) is 2.86. The van der Waals surface area contributed by atoms with Crippen molar-refractivity contribution in [3.63, 3.8) is 0 Å². The smallest absolute Gasteiger partial charge is 0.227 e. The molecule has 0 radical (unpaired) electrons. The van der Waals surface area contributed by atoms with Gasteiger partial charge < -0.3 is 9.88 Å². The van der Waals surface area contributed by atoms with Gasteiger partial charge in [-0.2, -0.15) is 0 Å². The highest BCUT2D eigenvalue weighted by molar-refractivity contribution is 5.85. The minimum absolute atomic E-state index is 0.122. The summed E-state index contributed by atoms with van der Waals surface area (Å²) in [5.74, 6) is 1.33. The number of hydrogen-bond acceptors (Lipinski definition) is 3. The summed E-state index contributed by atoms with van der Waals surface area (Å²) in [5.41, 5.74) is -0.122. The van der Waals surface area contributed by atoms with Crippen molar-refractivity contribution < 1.29 is 4.79 Å². The maximum Gasteiger partial charge on any atom is 0.227 e. The molecule has 98 valence electrons. The number of hydrogen-bond donors (Lipinski definition) is 1. The van der Waals surface area contributed by atoms with Gasteiger partial charge in [-0.3, -0.25) is 9.69 Å². The molecule has 1 N–H and O–H groups in total. The number of imidazole rings is 1. The lowest BCUT2D eigenvalue weighted by Crippen LogP contribution is -2.47. The number of aromatic nitrogens is 2. The quantitative estimate of drug-likeness (QED) is 0.830. The highest BCUT2D eigenvalue weighted by Crippen LogP contribution is 2.36. The molecule has 0 saturated carbocycles. The molecule has 5 nitrogen and oxygen atoms in total. The first kappa shape index (κ1) is 11.7. The van der Waals surface area contributed by atoms with Crippen molar-refractivity contribution in [2.75, 3.05) is 19.6 Å². The molecule has 0 aliphatic carbocycles. The van der Waals surface area contributed by atoms with Gasteiger partial charge in [-0.1, -0.05) is 0 Å². The second kappa shape index (κ2) is 4.39. The van der Waals surface area contributed by atoms with E-state index >= 15 is 0 Å². The molecule has 5 heteroatoms. The number of rotatable bonds is 2. The zero-order valence-corrected chi connectivity index (χ0v) is 10.9. The van der Waals surface area contributed by atoms with Crippen LogP contribution < -0.4 is 5.32 Å². The number of carbonyl (C=O) groups excluding carboxylic acids is 1. The average Bonchev–Trinajstić information content (AvgIpc) is 2.89. The second-order valence-electron chi connectivity index (χ2n) is 5.55. The van der Waals surface area contributed by atoms with E-state index in [4.69, 9.17) is 0 Å². The Morgan fingerprint density at radius 1 is 1.50 bits per heavy atom. The van der Waals surface area contributed by atoms with Crippen LogP contribution in [0.25, 0.3) is 0 Å². The normalized spacial score (nSPS) is 28.8. The van der Waals surface area contributed by atoms with E-state index in [1.54, 1.807) is 0 Å². The van der Waals surface area contributed by atoms with Crippen LogP contribution in [0, 0.1) is 5.41 Å². The van der Waals surface area contributed by atoms with Gasteiger partial charge in [0.2, 0.25) is 5.91 Å². The summed E-state index contributed by atoms with van der Waals surface area (Å²) in [6, 6.07) is 0. The zero-order valence-electron chi connectivity index (χ0n) is 10.9. The van der Waals surface area contributed by atoms with E-state index in [0.29, 0.717) is 0 Å². The number of carbonyl (C=O) groups is 1. The largest absolute Gasteiger partial charge is 0.356 e. The Labute approximate surface area is 107 Å². The van der Waals surface area contributed by atoms with Crippen molar-refractivity contribution in [2.45, 2.75) is 25.8 Å². The minimum Gasteiger partial charge on any atom is -0.356 e. The molecular formula is C13H20N4O. The molecule has 1 aromatic rings. The molecule has 2 aliphatic heterocycles. The molecule has 1 atom stereocenters. The van der Waals surface area contributed by atoms with E-state index in [0.717, 1.165) is 51.3 Å². The Morgan fingerprint density at radius 3 is 3.06 bits per heavy atom. The van der Waals surface area contributed by atoms with Crippen molar-refractivity contribution in [1.29, 1.82) is 0 Å². The molecular weight excluding hydrogens is 228 g/mol. The maximum atomic E-state index is 12.0. The van der Waals surface area contributed by atoms with Crippen molar-refractivity contribution >= 4 is 5.91 Å².